The van der Waals surface area contributed by atoms with E-state index in [1.807, 2.05) is 13.8 Å². The summed E-state index contributed by atoms with van der Waals surface area (Å²) in [5.41, 5.74) is 3.98. The number of phenols is 2. The Morgan fingerprint density at radius 3 is 0.861 bits per heavy atom. The molecule has 0 aliphatic carbocycles. The minimum Gasteiger partial charge on any atom is -0.507 e. The zero-order valence-corrected chi connectivity index (χ0v) is 21.1. The highest BCUT2D eigenvalue weighted by molar-refractivity contribution is 5.80. The molecule has 0 aliphatic heterocycles. The predicted molar refractivity (Wildman–Crippen MR) is 137 cm³/mol. The molecule has 36 heavy (non-hydrogen) atoms. The van der Waals surface area contributed by atoms with E-state index in [0.717, 1.165) is 11.1 Å². The highest BCUT2D eigenvalue weighted by Crippen LogP contribution is 2.25. The molecule has 0 unspecified atom stereocenters. The summed E-state index contributed by atoms with van der Waals surface area (Å²) in [6, 6.07) is 7.15. The topological polar surface area (TPSA) is 144 Å². The number of aryl methyl sites for hydroxylation is 6. The number of aromatic nitrogens is 8. The standard InChI is InChI=1S/C26H28N8O2/c1-15-7-21-11-27-31-17(3)19(5)33-29-13-23-9-16(2)10-24(26(23)36)14-30-34-20(6)18(4)32-28-12-22(8-15)25(21)35/h7-14,35-36H,1-6H3. The van der Waals surface area contributed by atoms with E-state index in [1.165, 1.54) is 24.8 Å². The quantitative estimate of drug-likeness (QED) is 0.472. The van der Waals surface area contributed by atoms with E-state index in [9.17, 15) is 10.2 Å². The third kappa shape index (κ3) is 6.72. The van der Waals surface area contributed by atoms with Gasteiger partial charge < -0.3 is 10.2 Å². The van der Waals surface area contributed by atoms with Crippen LogP contribution < -0.4 is 0 Å². The average Bonchev–Trinajstić information content (AvgIpc) is 2.83. The molecule has 10 heteroatoms. The van der Waals surface area contributed by atoms with Crippen LogP contribution in [0.3, 0.4) is 0 Å². The van der Waals surface area contributed by atoms with E-state index in [2.05, 4.69) is 40.8 Å². The molecule has 2 aromatic carbocycles. The van der Waals surface area contributed by atoms with Crippen LogP contribution in [0, 0.1) is 41.5 Å². The van der Waals surface area contributed by atoms with E-state index < -0.39 is 0 Å². The van der Waals surface area contributed by atoms with E-state index >= 15 is 0 Å². The maximum atomic E-state index is 10.6. The number of aromatic hydroxyl groups is 2. The fourth-order valence-corrected chi connectivity index (χ4v) is 3.06. The van der Waals surface area contributed by atoms with Gasteiger partial charge in [0.25, 0.3) is 0 Å². The summed E-state index contributed by atoms with van der Waals surface area (Å²) in [6.07, 6.45) is 5.84. The molecular weight excluding hydrogens is 456 g/mol. The second-order valence-electron chi connectivity index (χ2n) is 8.30. The Balaban J connectivity index is 2.37. The van der Waals surface area contributed by atoms with Crippen molar-refractivity contribution < 1.29 is 10.2 Å². The Hall–Kier alpha value is -4.60. The van der Waals surface area contributed by atoms with Crippen LogP contribution in [0.1, 0.15) is 33.9 Å². The molecule has 4 bridgehead atoms. The van der Waals surface area contributed by atoms with Crippen LogP contribution >= 0.6 is 0 Å². The van der Waals surface area contributed by atoms with Crippen LogP contribution in [-0.2, 0) is 0 Å². The van der Waals surface area contributed by atoms with Crippen LogP contribution in [0.4, 0.5) is 0 Å². The Kier molecular flexibility index (Phi) is 8.45. The van der Waals surface area contributed by atoms with E-state index in [0.29, 0.717) is 44.3 Å². The van der Waals surface area contributed by atoms with E-state index in [4.69, 9.17) is 0 Å². The van der Waals surface area contributed by atoms with Gasteiger partial charge >= 0.3 is 0 Å². The number of rotatable bonds is 0. The second kappa shape index (κ2) is 11.7. The SMILES string of the molecule is Cc1cc2cnnc(C)c(C)nncc3cc(C)cc(cnnc(C)c(C)nncc(c1)c2O)c3O. The molecule has 0 saturated carbocycles. The van der Waals surface area contributed by atoms with Crippen molar-refractivity contribution in [3.8, 4) is 11.5 Å². The molecule has 0 amide bonds. The Bertz CT molecular complexity index is 1320. The molecule has 0 fully saturated rings. The molecule has 1 aromatic heterocycles. The number of benzene rings is 2. The molecular formula is C26H28N8O2. The normalized spacial score (nSPS) is 10.2. The summed E-state index contributed by atoms with van der Waals surface area (Å²) in [5, 5.41) is 56.2. The molecule has 3 rings (SSSR count). The van der Waals surface area contributed by atoms with Gasteiger partial charge in [0.05, 0.1) is 47.6 Å². The first kappa shape index (κ1) is 26.0. The van der Waals surface area contributed by atoms with Gasteiger partial charge in [0, 0.05) is 21.5 Å². The summed E-state index contributed by atoms with van der Waals surface area (Å²) in [6.45, 7) is 10.8. The summed E-state index contributed by atoms with van der Waals surface area (Å²) >= 11 is 0. The van der Waals surface area contributed by atoms with E-state index in [1.54, 1.807) is 52.0 Å². The van der Waals surface area contributed by atoms with Crippen molar-refractivity contribution in [3.05, 3.63) is 83.0 Å². The van der Waals surface area contributed by atoms with Crippen LogP contribution in [0.25, 0.3) is 21.5 Å². The Morgan fingerprint density at radius 1 is 0.417 bits per heavy atom. The van der Waals surface area contributed by atoms with Crippen molar-refractivity contribution in [2.24, 2.45) is 0 Å². The lowest BCUT2D eigenvalue weighted by Gasteiger charge is -1.99. The lowest BCUT2D eigenvalue weighted by molar-refractivity contribution is 0.486. The maximum Gasteiger partial charge on any atom is 0.133 e. The molecule has 0 aliphatic rings. The molecule has 1 heterocycles. The zero-order valence-electron chi connectivity index (χ0n) is 21.1. The fraction of sp³-hybridized carbons (Fsp3) is 0.231. The highest BCUT2D eigenvalue weighted by atomic mass is 16.3. The van der Waals surface area contributed by atoms with Gasteiger partial charge in [-0.25, -0.2) is 0 Å². The summed E-state index contributed by atoms with van der Waals surface area (Å²) < 4.78 is 0. The smallest absolute Gasteiger partial charge is 0.133 e. The van der Waals surface area contributed by atoms with Gasteiger partial charge in [-0.2, -0.15) is 40.8 Å². The maximum absolute atomic E-state index is 10.6. The third-order valence-electron chi connectivity index (χ3n) is 5.29. The number of fused-ring (bicyclic) bond motifs is 4. The summed E-state index contributed by atoms with van der Waals surface area (Å²) in [4.78, 5) is 0. The molecule has 184 valence electrons. The third-order valence-corrected chi connectivity index (χ3v) is 5.29. The minimum absolute atomic E-state index is 0.0113. The van der Waals surface area contributed by atoms with Gasteiger partial charge in [-0.15, -0.1) is 0 Å². The van der Waals surface area contributed by atoms with Crippen molar-refractivity contribution in [1.29, 1.82) is 0 Å². The summed E-state index contributed by atoms with van der Waals surface area (Å²) in [7, 11) is 0. The predicted octanol–water partition coefficient (Wildman–Crippen LogP) is 4.35. The second-order valence-corrected chi connectivity index (χ2v) is 8.30. The van der Waals surface area contributed by atoms with Gasteiger partial charge in [0.15, 0.2) is 0 Å². The fourth-order valence-electron chi connectivity index (χ4n) is 3.06. The van der Waals surface area contributed by atoms with Gasteiger partial charge in [-0.1, -0.05) is 0 Å². The number of nitrogens with zero attached hydrogens (tertiary/aromatic N) is 8. The van der Waals surface area contributed by atoms with E-state index in [-0.39, 0.29) is 11.5 Å². The molecule has 0 radical (unpaired) electrons. The Morgan fingerprint density at radius 2 is 0.639 bits per heavy atom. The molecule has 3 aromatic rings. The van der Waals surface area contributed by atoms with Crippen LogP contribution in [-0.4, -0.2) is 51.0 Å². The first-order chi connectivity index (χ1) is 17.2. The highest BCUT2D eigenvalue weighted by Gasteiger charge is 2.01. The average molecular weight is 485 g/mol. The van der Waals surface area contributed by atoms with Gasteiger partial charge in [-0.05, 0) is 76.9 Å². The molecule has 0 spiro atoms. The zero-order chi connectivity index (χ0) is 26.2. The number of phenolic OH excluding ortho intramolecular Hbond substituents is 2. The number of hydrogen-bond acceptors (Lipinski definition) is 10. The van der Waals surface area contributed by atoms with Gasteiger partial charge in [0.1, 0.15) is 11.5 Å². The van der Waals surface area contributed by atoms with Crippen LogP contribution in [0.5, 0.6) is 11.5 Å². The number of hydrogen-bond donors (Lipinski definition) is 2. The van der Waals surface area contributed by atoms with Crippen molar-refractivity contribution in [2.45, 2.75) is 41.5 Å². The summed E-state index contributed by atoms with van der Waals surface area (Å²) in [5.74, 6) is 0.0225. The largest absolute Gasteiger partial charge is 0.507 e. The first-order valence-electron chi connectivity index (χ1n) is 11.1. The van der Waals surface area contributed by atoms with Crippen LogP contribution in [0.15, 0.2) is 49.1 Å². The van der Waals surface area contributed by atoms with Crippen molar-refractivity contribution >= 4 is 21.5 Å². The molecule has 2 N–H and O–H groups in total. The van der Waals surface area contributed by atoms with Gasteiger partial charge in [0.2, 0.25) is 0 Å². The first-order valence-corrected chi connectivity index (χ1v) is 11.1. The lowest BCUT2D eigenvalue weighted by Crippen LogP contribution is -1.89. The van der Waals surface area contributed by atoms with Crippen LogP contribution in [0.2, 0.25) is 0 Å². The van der Waals surface area contributed by atoms with Gasteiger partial charge in [-0.3, -0.25) is 0 Å². The van der Waals surface area contributed by atoms with Crippen molar-refractivity contribution in [2.75, 3.05) is 0 Å². The molecule has 10 nitrogen and oxygen atoms in total. The minimum atomic E-state index is 0.0113. The molecule has 0 saturated heterocycles. The van der Waals surface area contributed by atoms with Crippen molar-refractivity contribution in [1.82, 2.24) is 40.8 Å². The van der Waals surface area contributed by atoms with Crippen molar-refractivity contribution in [3.63, 3.8) is 0 Å². The monoisotopic (exact) mass is 484 g/mol. The lowest BCUT2D eigenvalue weighted by atomic mass is 10.1. The Labute approximate surface area is 208 Å². The molecule has 0 atom stereocenters.